The quantitative estimate of drug-likeness (QED) is 0.372. The fourth-order valence-electron chi connectivity index (χ4n) is 4.40. The summed E-state index contributed by atoms with van der Waals surface area (Å²) < 4.78 is 10.4. The second kappa shape index (κ2) is 11.9. The number of amides is 2. The number of carbonyl (C=O) groups is 3. The third kappa shape index (κ3) is 7.81. The summed E-state index contributed by atoms with van der Waals surface area (Å²) in [7, 11) is 1.33. The van der Waals surface area contributed by atoms with Crippen LogP contribution in [0.2, 0.25) is 0 Å². The van der Waals surface area contributed by atoms with E-state index < -0.39 is 11.6 Å². The Morgan fingerprint density at radius 1 is 1.08 bits per heavy atom. The van der Waals surface area contributed by atoms with Gasteiger partial charge in [-0.25, -0.2) is 14.4 Å². The van der Waals surface area contributed by atoms with Gasteiger partial charge >= 0.3 is 12.1 Å². The van der Waals surface area contributed by atoms with Gasteiger partial charge in [-0.1, -0.05) is 18.2 Å². The molecule has 0 bridgehead atoms. The van der Waals surface area contributed by atoms with Gasteiger partial charge in [0.15, 0.2) is 5.69 Å². The third-order valence-corrected chi connectivity index (χ3v) is 6.29. The lowest BCUT2D eigenvalue weighted by Crippen LogP contribution is -2.44. The summed E-state index contributed by atoms with van der Waals surface area (Å²) >= 11 is 0. The Morgan fingerprint density at radius 3 is 2.38 bits per heavy atom. The number of hydrogen-bond donors (Lipinski definition) is 0. The molecular formula is C29H35N3O5. The van der Waals surface area contributed by atoms with Crippen molar-refractivity contribution in [2.45, 2.75) is 52.7 Å². The minimum absolute atomic E-state index is 0.0606. The van der Waals surface area contributed by atoms with Crippen LogP contribution in [0.15, 0.2) is 42.5 Å². The largest absolute Gasteiger partial charge is 0.465 e. The van der Waals surface area contributed by atoms with Gasteiger partial charge in [-0.05, 0) is 80.5 Å². The fraction of sp³-hybridized carbons (Fsp3) is 0.448. The molecular weight excluding hydrogens is 470 g/mol. The summed E-state index contributed by atoms with van der Waals surface area (Å²) in [6.45, 7) is 16.5. The Labute approximate surface area is 219 Å². The van der Waals surface area contributed by atoms with Crippen molar-refractivity contribution in [3.05, 3.63) is 65.0 Å². The maximum atomic E-state index is 12.6. The molecule has 0 spiro atoms. The molecule has 0 aliphatic carbocycles. The number of piperidine rings is 1. The molecule has 1 heterocycles. The van der Waals surface area contributed by atoms with Gasteiger partial charge in [0.1, 0.15) is 5.60 Å². The minimum Gasteiger partial charge on any atom is -0.465 e. The van der Waals surface area contributed by atoms with E-state index in [1.165, 1.54) is 7.11 Å². The lowest BCUT2D eigenvalue weighted by Gasteiger charge is -2.35. The standard InChI is InChI=1S/C29H35N3O5/c1-20(33)32(18-21-10-12-31(13-11-21)28(35)37-29(2,3)4)19-22-14-24(16-25(15-22)27(34)36-6)23-8-7-9-26(17-23)30-5/h7-9,14-17,21H,10-13,18-19H2,1-4,6H3. The number of rotatable bonds is 6. The SMILES string of the molecule is [C-]#[N+]c1cccc(-c2cc(CN(CC3CCN(C(=O)OC(C)(C)C)CC3)C(C)=O)cc(C(=O)OC)c2)c1. The molecule has 8 nitrogen and oxygen atoms in total. The highest BCUT2D eigenvalue weighted by atomic mass is 16.6. The van der Waals surface area contributed by atoms with Crippen molar-refractivity contribution in [1.29, 1.82) is 0 Å². The van der Waals surface area contributed by atoms with E-state index in [0.29, 0.717) is 37.4 Å². The van der Waals surface area contributed by atoms with Crippen molar-refractivity contribution in [3.8, 4) is 11.1 Å². The van der Waals surface area contributed by atoms with E-state index in [2.05, 4.69) is 4.85 Å². The first-order chi connectivity index (χ1) is 17.5. The predicted molar refractivity (Wildman–Crippen MR) is 141 cm³/mol. The van der Waals surface area contributed by atoms with E-state index in [4.69, 9.17) is 16.0 Å². The summed E-state index contributed by atoms with van der Waals surface area (Å²) in [5.41, 5.74) is 2.74. The number of likely N-dealkylation sites (tertiary alicyclic amines) is 1. The van der Waals surface area contributed by atoms with Gasteiger partial charge < -0.3 is 19.3 Å². The van der Waals surface area contributed by atoms with Crippen LogP contribution in [0.1, 0.15) is 56.5 Å². The highest BCUT2D eigenvalue weighted by Crippen LogP contribution is 2.28. The van der Waals surface area contributed by atoms with E-state index in [1.807, 2.05) is 32.9 Å². The number of benzene rings is 2. The molecule has 2 amide bonds. The number of hydrogen-bond acceptors (Lipinski definition) is 5. The lowest BCUT2D eigenvalue weighted by molar-refractivity contribution is -0.130. The zero-order valence-electron chi connectivity index (χ0n) is 22.2. The van der Waals surface area contributed by atoms with Gasteiger partial charge in [0, 0.05) is 33.1 Å². The van der Waals surface area contributed by atoms with Crippen molar-refractivity contribution in [3.63, 3.8) is 0 Å². The van der Waals surface area contributed by atoms with Crippen LogP contribution in [-0.2, 0) is 20.8 Å². The third-order valence-electron chi connectivity index (χ3n) is 6.29. The molecule has 2 aromatic carbocycles. The van der Waals surface area contributed by atoms with Crippen molar-refractivity contribution in [1.82, 2.24) is 9.80 Å². The highest BCUT2D eigenvalue weighted by Gasteiger charge is 2.28. The van der Waals surface area contributed by atoms with Gasteiger partial charge in [0.25, 0.3) is 0 Å². The predicted octanol–water partition coefficient (Wildman–Crippen LogP) is 5.69. The summed E-state index contributed by atoms with van der Waals surface area (Å²) in [6, 6.07) is 12.6. The van der Waals surface area contributed by atoms with Gasteiger partial charge in [-0.3, -0.25) is 4.79 Å². The molecule has 8 heteroatoms. The van der Waals surface area contributed by atoms with E-state index in [0.717, 1.165) is 29.5 Å². The topological polar surface area (TPSA) is 80.5 Å². The fourth-order valence-corrected chi connectivity index (χ4v) is 4.40. The van der Waals surface area contributed by atoms with Crippen molar-refractivity contribution >= 4 is 23.7 Å². The second-order valence-electron chi connectivity index (χ2n) is 10.4. The van der Waals surface area contributed by atoms with Gasteiger partial charge in [0.05, 0.1) is 19.2 Å². The van der Waals surface area contributed by atoms with Gasteiger partial charge in [0.2, 0.25) is 5.91 Å². The van der Waals surface area contributed by atoms with E-state index in [-0.39, 0.29) is 17.9 Å². The van der Waals surface area contributed by atoms with Crippen LogP contribution in [0.3, 0.4) is 0 Å². The second-order valence-corrected chi connectivity index (χ2v) is 10.4. The Bertz CT molecular complexity index is 1190. The minimum atomic E-state index is -0.533. The van der Waals surface area contributed by atoms with Gasteiger partial charge in [-0.2, -0.15) is 0 Å². The van der Waals surface area contributed by atoms with Crippen LogP contribution >= 0.6 is 0 Å². The molecule has 0 radical (unpaired) electrons. The summed E-state index contributed by atoms with van der Waals surface area (Å²) in [4.78, 5) is 44.3. The van der Waals surface area contributed by atoms with E-state index in [9.17, 15) is 14.4 Å². The Balaban J connectivity index is 1.76. The zero-order chi connectivity index (χ0) is 27.2. The molecule has 1 saturated heterocycles. The first-order valence-corrected chi connectivity index (χ1v) is 12.4. The Hall–Kier alpha value is -3.86. The number of nitrogens with zero attached hydrogens (tertiary/aromatic N) is 3. The van der Waals surface area contributed by atoms with Crippen LogP contribution in [0.25, 0.3) is 16.0 Å². The average molecular weight is 506 g/mol. The van der Waals surface area contributed by atoms with E-state index in [1.54, 1.807) is 47.1 Å². The van der Waals surface area contributed by atoms with Crippen molar-refractivity contribution in [2.75, 3.05) is 26.7 Å². The molecule has 196 valence electrons. The molecule has 0 saturated carbocycles. The van der Waals surface area contributed by atoms with Crippen LogP contribution in [0.5, 0.6) is 0 Å². The summed E-state index contributed by atoms with van der Waals surface area (Å²) in [5, 5.41) is 0. The lowest BCUT2D eigenvalue weighted by atomic mass is 9.95. The van der Waals surface area contributed by atoms with Crippen molar-refractivity contribution in [2.24, 2.45) is 5.92 Å². The molecule has 0 N–H and O–H groups in total. The molecule has 2 aromatic rings. The maximum absolute atomic E-state index is 12.6. The highest BCUT2D eigenvalue weighted by molar-refractivity contribution is 5.91. The molecule has 0 unspecified atom stereocenters. The van der Waals surface area contributed by atoms with Gasteiger partial charge in [-0.15, -0.1) is 0 Å². The Kier molecular flexibility index (Phi) is 8.93. The first kappa shape index (κ1) is 27.7. The normalized spacial score (nSPS) is 14.0. The molecule has 0 aromatic heterocycles. The average Bonchev–Trinajstić information content (AvgIpc) is 2.87. The maximum Gasteiger partial charge on any atom is 0.410 e. The number of ether oxygens (including phenoxy) is 2. The molecule has 1 fully saturated rings. The van der Waals surface area contributed by atoms with Crippen LogP contribution < -0.4 is 0 Å². The number of methoxy groups -OCH3 is 1. The van der Waals surface area contributed by atoms with E-state index >= 15 is 0 Å². The summed E-state index contributed by atoms with van der Waals surface area (Å²) in [6.07, 6.45) is 1.25. The number of esters is 1. The first-order valence-electron chi connectivity index (χ1n) is 12.4. The molecule has 1 aliphatic heterocycles. The van der Waals surface area contributed by atoms with Crippen LogP contribution in [0.4, 0.5) is 10.5 Å². The monoisotopic (exact) mass is 505 g/mol. The van der Waals surface area contributed by atoms with Crippen LogP contribution in [0, 0.1) is 12.5 Å². The zero-order valence-corrected chi connectivity index (χ0v) is 22.2. The molecule has 0 atom stereocenters. The smallest absolute Gasteiger partial charge is 0.410 e. The number of carbonyl (C=O) groups excluding carboxylic acids is 3. The molecule has 37 heavy (non-hydrogen) atoms. The molecule has 3 rings (SSSR count). The molecule has 1 aliphatic rings. The Morgan fingerprint density at radius 2 is 1.78 bits per heavy atom. The van der Waals surface area contributed by atoms with Crippen molar-refractivity contribution < 1.29 is 23.9 Å². The summed E-state index contributed by atoms with van der Waals surface area (Å²) in [5.74, 6) is -0.274. The van der Waals surface area contributed by atoms with Crippen LogP contribution in [-0.4, -0.2) is 60.1 Å².